The van der Waals surface area contributed by atoms with Gasteiger partial charge >= 0.3 is 6.09 Å². The van der Waals surface area contributed by atoms with E-state index in [-0.39, 0.29) is 38.0 Å². The first-order chi connectivity index (χ1) is 20.6. The molecule has 44 heavy (non-hydrogen) atoms. The maximum absolute atomic E-state index is 12.9. The Hall–Kier alpha value is -2.65. The fourth-order valence-corrected chi connectivity index (χ4v) is 6.07. The van der Waals surface area contributed by atoms with Gasteiger partial charge in [0.05, 0.1) is 25.6 Å². The van der Waals surface area contributed by atoms with Crippen LogP contribution in [-0.2, 0) is 13.6 Å². The molecule has 10 nitrogen and oxygen atoms in total. The first kappa shape index (κ1) is 35.8. The van der Waals surface area contributed by atoms with Crippen LogP contribution in [0.2, 0.25) is 18.2 Å². The molecular formula is C31H45ClN4O6Si2. The molecule has 2 aromatic heterocycles. The molecule has 0 bridgehead atoms. The van der Waals surface area contributed by atoms with Crippen molar-refractivity contribution in [1.29, 1.82) is 0 Å². The number of hydrogen-bond acceptors (Lipinski definition) is 8. The number of aromatic nitrogens is 3. The minimum atomic E-state index is -0.614. The monoisotopic (exact) mass is 660 g/mol. The molecule has 0 N–H and O–H groups in total. The number of carbonyl (C=O) groups is 1. The zero-order valence-corrected chi connectivity index (χ0v) is 30.4. The average molecular weight is 661 g/mol. The predicted molar refractivity (Wildman–Crippen MR) is 175 cm³/mol. The summed E-state index contributed by atoms with van der Waals surface area (Å²) in [6, 6.07) is 7.45. The molecule has 0 saturated carbocycles. The Morgan fingerprint density at radius 1 is 1.05 bits per heavy atom. The van der Waals surface area contributed by atoms with E-state index in [1.165, 1.54) is 0 Å². The lowest BCUT2D eigenvalue weighted by molar-refractivity contribution is -0.115. The molecule has 13 heteroatoms. The molecule has 3 rings (SSSR count). The highest BCUT2D eigenvalue weighted by molar-refractivity contribution is 6.29. The molecule has 240 valence electrons. The van der Waals surface area contributed by atoms with Crippen LogP contribution < -0.4 is 9.47 Å². The summed E-state index contributed by atoms with van der Waals surface area (Å²) < 4.78 is 31.7. The molecule has 0 saturated heterocycles. The van der Waals surface area contributed by atoms with Gasteiger partial charge < -0.3 is 28.0 Å². The summed E-state index contributed by atoms with van der Waals surface area (Å²) in [5, 5.41) is 4.98. The van der Waals surface area contributed by atoms with Gasteiger partial charge in [-0.15, -0.1) is 0 Å². The van der Waals surface area contributed by atoms with Crippen molar-refractivity contribution in [3.63, 3.8) is 0 Å². The summed E-state index contributed by atoms with van der Waals surface area (Å²) in [5.74, 6) is 1.23. The third-order valence-corrected chi connectivity index (χ3v) is 8.35. The normalized spacial score (nSPS) is 13.0. The molecule has 0 aliphatic rings. The number of amides is 1. The van der Waals surface area contributed by atoms with Gasteiger partial charge in [-0.05, 0) is 51.9 Å². The van der Waals surface area contributed by atoms with Crippen LogP contribution in [0.4, 0.5) is 4.79 Å². The van der Waals surface area contributed by atoms with Gasteiger partial charge in [-0.1, -0.05) is 39.3 Å². The zero-order valence-electron chi connectivity index (χ0n) is 27.6. The number of rotatable bonds is 14. The number of benzene rings is 1. The van der Waals surface area contributed by atoms with Crippen molar-refractivity contribution < 1.29 is 27.9 Å². The van der Waals surface area contributed by atoms with Gasteiger partial charge in [0.2, 0.25) is 19.5 Å². The number of ether oxygens (including phenoxy) is 3. The van der Waals surface area contributed by atoms with Gasteiger partial charge in [-0.25, -0.2) is 14.3 Å². The third kappa shape index (κ3) is 8.97. The first-order valence-corrected chi connectivity index (χ1v) is 17.8. The molecular weight excluding hydrogens is 616 g/mol. The molecule has 4 radical (unpaired) electrons. The Kier molecular flexibility index (Phi) is 12.3. The van der Waals surface area contributed by atoms with Crippen LogP contribution in [0.5, 0.6) is 11.5 Å². The summed E-state index contributed by atoms with van der Waals surface area (Å²) in [5.41, 5.74) is 2.13. The predicted octanol–water partition coefficient (Wildman–Crippen LogP) is 6.76. The van der Waals surface area contributed by atoms with Crippen molar-refractivity contribution in [3.8, 4) is 22.8 Å². The molecule has 0 spiro atoms. The number of hydrogen-bond donors (Lipinski definition) is 0. The minimum absolute atomic E-state index is 0.200. The highest BCUT2D eigenvalue weighted by Crippen LogP contribution is 2.37. The lowest BCUT2D eigenvalue weighted by Gasteiger charge is -2.41. The molecule has 3 aromatic rings. The molecule has 0 aliphatic carbocycles. The van der Waals surface area contributed by atoms with Crippen LogP contribution in [0.1, 0.15) is 59.9 Å². The second-order valence-corrected chi connectivity index (χ2v) is 14.2. The van der Waals surface area contributed by atoms with Crippen molar-refractivity contribution in [2.45, 2.75) is 79.4 Å². The van der Waals surface area contributed by atoms with E-state index in [2.05, 4.69) is 37.8 Å². The third-order valence-electron chi connectivity index (χ3n) is 7.26. The number of nitrogens with zero attached hydrogens (tertiary/aromatic N) is 4. The maximum Gasteiger partial charge on any atom is 0.410 e. The SMILES string of the molecule is COc1cc(OCC(CN(C)C(=O)OC(C)(C)C)C(C)(C)C(O[Si]C)O[Si]C)cc(-c2cc(Cl)nc3c(C(C)C)cnn23)c1. The highest BCUT2D eigenvalue weighted by Gasteiger charge is 2.40. The lowest BCUT2D eigenvalue weighted by atomic mass is 9.78. The molecule has 2 heterocycles. The minimum Gasteiger partial charge on any atom is -0.497 e. The second kappa shape index (κ2) is 15.1. The summed E-state index contributed by atoms with van der Waals surface area (Å²) in [7, 11) is 3.82. The van der Waals surface area contributed by atoms with Gasteiger partial charge in [0.25, 0.3) is 0 Å². The molecule has 0 fully saturated rings. The highest BCUT2D eigenvalue weighted by atomic mass is 35.5. The van der Waals surface area contributed by atoms with E-state index < -0.39 is 23.4 Å². The summed E-state index contributed by atoms with van der Waals surface area (Å²) in [6.07, 6.45) is 0.929. The van der Waals surface area contributed by atoms with E-state index in [4.69, 9.17) is 34.7 Å². The largest absolute Gasteiger partial charge is 0.497 e. The maximum atomic E-state index is 12.9. The van der Waals surface area contributed by atoms with Gasteiger partial charge in [0, 0.05) is 48.2 Å². The summed E-state index contributed by atoms with van der Waals surface area (Å²) in [6.45, 7) is 18.4. The van der Waals surface area contributed by atoms with E-state index in [0.717, 1.165) is 16.8 Å². The average Bonchev–Trinajstić information content (AvgIpc) is 3.37. The van der Waals surface area contributed by atoms with Crippen LogP contribution in [0.15, 0.2) is 30.5 Å². The van der Waals surface area contributed by atoms with Gasteiger partial charge in [0.1, 0.15) is 28.5 Å². The van der Waals surface area contributed by atoms with Gasteiger partial charge in [-0.2, -0.15) is 5.10 Å². The molecule has 1 aromatic carbocycles. The molecule has 1 atom stereocenters. The van der Waals surface area contributed by atoms with E-state index in [1.54, 1.807) is 29.6 Å². The molecule has 1 unspecified atom stereocenters. The fourth-order valence-electron chi connectivity index (χ4n) is 4.66. The van der Waals surface area contributed by atoms with E-state index in [0.29, 0.717) is 28.8 Å². The number of carbonyl (C=O) groups excluding carboxylic acids is 1. The van der Waals surface area contributed by atoms with Gasteiger partial charge in [0.15, 0.2) is 5.65 Å². The van der Waals surface area contributed by atoms with Crippen LogP contribution in [0, 0.1) is 11.3 Å². The Morgan fingerprint density at radius 3 is 2.25 bits per heavy atom. The van der Waals surface area contributed by atoms with Crippen molar-refractivity contribution in [2.75, 3.05) is 27.3 Å². The van der Waals surface area contributed by atoms with E-state index >= 15 is 0 Å². The standard InChI is InChI=1S/C31H45ClN4O6Si2/c1-19(2)24-16-33-36-25(15-26(32)34-27(24)36)20-12-22(38-9)14-23(13-20)39-18-21(17-35(8)29(37)40-30(3,4)5)31(6,7)28(41-43-10)42-44-11/h12-16,19,21,28H,17-18H2,1-11H3. The quantitative estimate of drug-likeness (QED) is 0.106. The zero-order chi connectivity index (χ0) is 32.8. The van der Waals surface area contributed by atoms with Crippen LogP contribution in [-0.4, -0.2) is 84.3 Å². The smallest absolute Gasteiger partial charge is 0.410 e. The fraction of sp³-hybridized carbons (Fsp3) is 0.581. The van der Waals surface area contributed by atoms with Crippen LogP contribution >= 0.6 is 11.6 Å². The Bertz CT molecular complexity index is 1410. The van der Waals surface area contributed by atoms with Crippen molar-refractivity contribution in [3.05, 3.63) is 41.2 Å². The van der Waals surface area contributed by atoms with Crippen LogP contribution in [0.25, 0.3) is 16.9 Å². The lowest BCUT2D eigenvalue weighted by Crippen LogP contribution is -2.49. The number of halogens is 1. The van der Waals surface area contributed by atoms with Crippen LogP contribution in [0.3, 0.4) is 0 Å². The first-order valence-electron chi connectivity index (χ1n) is 14.6. The topological polar surface area (TPSA) is 96.7 Å². The van der Waals surface area contributed by atoms with Crippen molar-refractivity contribution in [2.24, 2.45) is 11.3 Å². The summed E-state index contributed by atoms with van der Waals surface area (Å²) in [4.78, 5) is 19.1. The molecule has 0 aliphatic heterocycles. The Balaban J connectivity index is 1.99. The van der Waals surface area contributed by atoms with Crippen molar-refractivity contribution >= 4 is 42.9 Å². The Labute approximate surface area is 271 Å². The molecule has 1 amide bonds. The van der Waals surface area contributed by atoms with E-state index in [1.807, 2.05) is 58.3 Å². The Morgan fingerprint density at radius 2 is 1.68 bits per heavy atom. The number of methoxy groups -OCH3 is 1. The van der Waals surface area contributed by atoms with Gasteiger partial charge in [-0.3, -0.25) is 0 Å². The number of fused-ring (bicyclic) bond motifs is 1. The summed E-state index contributed by atoms with van der Waals surface area (Å²) >= 11 is 6.49. The van der Waals surface area contributed by atoms with E-state index in [9.17, 15) is 4.79 Å². The second-order valence-electron chi connectivity index (χ2n) is 12.5. The van der Waals surface area contributed by atoms with Crippen molar-refractivity contribution in [1.82, 2.24) is 19.5 Å².